The average molecular weight is 478 g/mol. The van der Waals surface area contributed by atoms with Crippen LogP contribution in [0.15, 0.2) is 121 Å². The summed E-state index contributed by atoms with van der Waals surface area (Å²) in [5.41, 5.74) is 1.32. The Hall–Kier alpha value is -2.78. The maximum Gasteiger partial charge on any atom is 0.264 e. The minimum absolute atomic E-state index is 0.221. The summed E-state index contributed by atoms with van der Waals surface area (Å²) in [6.45, 7) is 2.08. The van der Waals surface area contributed by atoms with Gasteiger partial charge in [-0.05, 0) is 49.7 Å². The van der Waals surface area contributed by atoms with Gasteiger partial charge < -0.3 is 0 Å². The molecule has 0 aliphatic rings. The van der Waals surface area contributed by atoms with Gasteiger partial charge in [-0.15, -0.1) is 0 Å². The van der Waals surface area contributed by atoms with Gasteiger partial charge in [0.05, 0.1) is 11.9 Å². The van der Waals surface area contributed by atoms with Crippen LogP contribution in [0.1, 0.15) is 12.0 Å². The number of benzene rings is 4. The second kappa shape index (κ2) is 11.9. The Labute approximate surface area is 198 Å². The molecule has 33 heavy (non-hydrogen) atoms. The number of hydrogen-bond donors (Lipinski definition) is 1. The van der Waals surface area contributed by atoms with Crippen LogP contribution >= 0.6 is 7.26 Å². The van der Waals surface area contributed by atoms with Crippen LogP contribution in [0.4, 0.5) is 0 Å². The second-order valence-electron chi connectivity index (χ2n) is 7.83. The van der Waals surface area contributed by atoms with E-state index in [0.29, 0.717) is 12.6 Å². The minimum atomic E-state index is -3.98. The van der Waals surface area contributed by atoms with Crippen molar-refractivity contribution in [2.75, 3.05) is 11.9 Å². The van der Waals surface area contributed by atoms with Crippen LogP contribution in [0, 0.1) is 6.92 Å². The Morgan fingerprint density at radius 3 is 1.21 bits per heavy atom. The van der Waals surface area contributed by atoms with Gasteiger partial charge in [0.1, 0.15) is 23.2 Å². The topological polar surface area (TPSA) is 54.4 Å². The van der Waals surface area contributed by atoms with Crippen LogP contribution in [0.2, 0.25) is 0 Å². The highest BCUT2D eigenvalue weighted by molar-refractivity contribution is 7.95. The minimum Gasteiger partial charge on any atom is -0.286 e. The SMILES string of the molecule is Cc1ccccc1.O=S(=O)(O)CCC[P+](c1ccccc1)(c1ccccc1)c1ccccc1. The summed E-state index contributed by atoms with van der Waals surface area (Å²) in [6, 6.07) is 41.2. The fraction of sp³-hybridized carbons (Fsp3) is 0.143. The molecule has 0 amide bonds. The number of rotatable bonds is 7. The van der Waals surface area contributed by atoms with Gasteiger partial charge in [-0.1, -0.05) is 90.5 Å². The first kappa shape index (κ1) is 24.9. The van der Waals surface area contributed by atoms with Gasteiger partial charge in [0, 0.05) is 0 Å². The normalized spacial score (nSPS) is 11.3. The molecule has 0 atom stereocenters. The Bertz CT molecular complexity index is 1100. The Balaban J connectivity index is 0.000000374. The van der Waals surface area contributed by atoms with E-state index in [-0.39, 0.29) is 5.75 Å². The molecule has 0 saturated heterocycles. The molecule has 3 nitrogen and oxygen atoms in total. The largest absolute Gasteiger partial charge is 0.286 e. The maximum absolute atomic E-state index is 11.3. The first-order valence-corrected chi connectivity index (χ1v) is 14.5. The summed E-state index contributed by atoms with van der Waals surface area (Å²) in [5.74, 6) is -0.221. The van der Waals surface area contributed by atoms with Gasteiger partial charge in [-0.3, -0.25) is 4.55 Å². The zero-order valence-electron chi connectivity index (χ0n) is 18.8. The molecule has 0 heterocycles. The highest BCUT2D eigenvalue weighted by atomic mass is 32.2. The van der Waals surface area contributed by atoms with E-state index in [1.165, 1.54) is 21.5 Å². The van der Waals surface area contributed by atoms with E-state index < -0.39 is 17.4 Å². The predicted molar refractivity (Wildman–Crippen MR) is 142 cm³/mol. The second-order valence-corrected chi connectivity index (χ2v) is 13.0. The lowest BCUT2D eigenvalue weighted by Crippen LogP contribution is -2.33. The summed E-state index contributed by atoms with van der Waals surface area (Å²) in [4.78, 5) is 0. The third kappa shape index (κ3) is 7.10. The van der Waals surface area contributed by atoms with Crippen LogP contribution in [0.25, 0.3) is 0 Å². The fourth-order valence-corrected chi connectivity index (χ4v) is 8.97. The van der Waals surface area contributed by atoms with Gasteiger partial charge in [-0.2, -0.15) is 8.42 Å². The smallest absolute Gasteiger partial charge is 0.264 e. The molecule has 0 unspecified atom stereocenters. The van der Waals surface area contributed by atoms with Crippen LogP contribution in [0.5, 0.6) is 0 Å². The van der Waals surface area contributed by atoms with Crippen molar-refractivity contribution in [2.24, 2.45) is 0 Å². The van der Waals surface area contributed by atoms with E-state index in [1.807, 2.05) is 72.8 Å². The standard InChI is InChI=1S/C21H21O3PS.C7H8/c22-26(23,24)18-10-17-25(19-11-4-1-5-12-19,20-13-6-2-7-14-20)21-15-8-3-9-16-21;1-7-5-3-2-4-6-7/h1-9,11-16H,10,17-18H2;2-6H,1H3/p+1. The fourth-order valence-electron chi connectivity index (χ4n) is 3.90. The van der Waals surface area contributed by atoms with Gasteiger partial charge >= 0.3 is 0 Å². The van der Waals surface area contributed by atoms with Crippen molar-refractivity contribution < 1.29 is 13.0 Å². The molecule has 4 rings (SSSR count). The quantitative estimate of drug-likeness (QED) is 0.292. The summed E-state index contributed by atoms with van der Waals surface area (Å²) in [6.07, 6.45) is 1.09. The molecule has 0 aliphatic heterocycles. The lowest BCUT2D eigenvalue weighted by atomic mass is 10.2. The van der Waals surface area contributed by atoms with Crippen molar-refractivity contribution in [3.63, 3.8) is 0 Å². The first-order chi connectivity index (χ1) is 15.9. The highest BCUT2D eigenvalue weighted by Crippen LogP contribution is 2.55. The maximum atomic E-state index is 11.3. The van der Waals surface area contributed by atoms with Crippen molar-refractivity contribution >= 4 is 33.3 Å². The van der Waals surface area contributed by atoms with E-state index in [0.717, 1.165) is 0 Å². The molecule has 170 valence electrons. The van der Waals surface area contributed by atoms with Gasteiger partial charge in [0.2, 0.25) is 0 Å². The molecule has 0 fully saturated rings. The molecule has 1 N–H and O–H groups in total. The molecule has 4 aromatic rings. The molecule has 5 heteroatoms. The Kier molecular flexibility index (Phi) is 8.96. The molecular formula is C28H30O3PS+. The molecular weight excluding hydrogens is 447 g/mol. The van der Waals surface area contributed by atoms with Gasteiger partial charge in [0.25, 0.3) is 10.1 Å². The summed E-state index contributed by atoms with van der Waals surface area (Å²) in [5, 5.41) is 3.65. The van der Waals surface area contributed by atoms with Crippen LogP contribution in [-0.2, 0) is 10.1 Å². The van der Waals surface area contributed by atoms with Gasteiger partial charge in [-0.25, -0.2) is 0 Å². The Morgan fingerprint density at radius 2 is 0.939 bits per heavy atom. The lowest BCUT2D eigenvalue weighted by Gasteiger charge is -2.27. The zero-order chi connectivity index (χ0) is 23.6. The highest BCUT2D eigenvalue weighted by Gasteiger charge is 2.44. The summed E-state index contributed by atoms with van der Waals surface area (Å²) in [7, 11) is -5.99. The van der Waals surface area contributed by atoms with Crippen LogP contribution in [-0.4, -0.2) is 24.9 Å². The molecule has 0 spiro atoms. The third-order valence-corrected chi connectivity index (χ3v) is 10.8. The number of hydrogen-bond acceptors (Lipinski definition) is 2. The molecule has 0 radical (unpaired) electrons. The Morgan fingerprint density at radius 1 is 0.606 bits per heavy atom. The zero-order valence-corrected chi connectivity index (χ0v) is 20.5. The number of aryl methyl sites for hydroxylation is 1. The van der Waals surface area contributed by atoms with E-state index in [1.54, 1.807) is 0 Å². The van der Waals surface area contributed by atoms with Crippen molar-refractivity contribution in [1.82, 2.24) is 0 Å². The first-order valence-electron chi connectivity index (χ1n) is 10.9. The monoisotopic (exact) mass is 477 g/mol. The van der Waals surface area contributed by atoms with E-state index in [2.05, 4.69) is 55.5 Å². The van der Waals surface area contributed by atoms with Crippen molar-refractivity contribution in [2.45, 2.75) is 13.3 Å². The molecule has 0 aliphatic carbocycles. The summed E-state index contributed by atoms with van der Waals surface area (Å²) >= 11 is 0. The van der Waals surface area contributed by atoms with E-state index in [9.17, 15) is 13.0 Å². The lowest BCUT2D eigenvalue weighted by molar-refractivity contribution is 0.482. The van der Waals surface area contributed by atoms with Crippen molar-refractivity contribution in [3.05, 3.63) is 127 Å². The molecule has 0 saturated carbocycles. The van der Waals surface area contributed by atoms with Crippen molar-refractivity contribution in [3.8, 4) is 0 Å². The average Bonchev–Trinajstić information content (AvgIpc) is 2.84. The predicted octanol–water partition coefficient (Wildman–Crippen LogP) is 5.25. The van der Waals surface area contributed by atoms with Crippen LogP contribution in [0.3, 0.4) is 0 Å². The molecule has 0 bridgehead atoms. The van der Waals surface area contributed by atoms with Gasteiger partial charge in [0.15, 0.2) is 0 Å². The molecule has 0 aromatic heterocycles. The van der Waals surface area contributed by atoms with E-state index in [4.69, 9.17) is 0 Å². The van der Waals surface area contributed by atoms with E-state index >= 15 is 0 Å². The summed E-state index contributed by atoms with van der Waals surface area (Å²) < 4.78 is 31.8. The van der Waals surface area contributed by atoms with Crippen LogP contribution < -0.4 is 15.9 Å². The third-order valence-electron chi connectivity index (χ3n) is 5.43. The molecule has 4 aromatic carbocycles. The van der Waals surface area contributed by atoms with Crippen molar-refractivity contribution in [1.29, 1.82) is 0 Å².